The second kappa shape index (κ2) is 6.31. The third kappa shape index (κ3) is 4.40. The van der Waals surface area contributed by atoms with E-state index in [0.717, 1.165) is 31.8 Å². The molecule has 7 heteroatoms. The molecule has 1 saturated heterocycles. The molecule has 1 aromatic heterocycles. The number of imidazole rings is 1. The van der Waals surface area contributed by atoms with Crippen LogP contribution in [0.3, 0.4) is 0 Å². The quantitative estimate of drug-likeness (QED) is 0.673. The third-order valence-corrected chi connectivity index (χ3v) is 4.65. The Bertz CT molecular complexity index is 438. The van der Waals surface area contributed by atoms with E-state index in [0.29, 0.717) is 13.0 Å². The van der Waals surface area contributed by atoms with Crippen LogP contribution in [0.2, 0.25) is 0 Å². The van der Waals surface area contributed by atoms with Crippen LogP contribution >= 0.6 is 0 Å². The molecule has 0 aliphatic carbocycles. The lowest BCUT2D eigenvalue weighted by Gasteiger charge is -2.22. The van der Waals surface area contributed by atoms with Crippen molar-refractivity contribution in [1.82, 2.24) is 20.0 Å². The molecule has 0 aromatic carbocycles. The molecular formula is C11H20N4O2S. The number of hydrogen-bond donors (Lipinski definition) is 3. The number of hydrogen-bond acceptors (Lipinski definition) is 4. The first-order valence-corrected chi connectivity index (χ1v) is 7.97. The number of nitrogens with one attached hydrogen (secondary N) is 3. The molecule has 1 fully saturated rings. The highest BCUT2D eigenvalue weighted by Crippen LogP contribution is 2.11. The van der Waals surface area contributed by atoms with Crippen LogP contribution in [0, 0.1) is 5.92 Å². The zero-order chi connectivity index (χ0) is 12.8. The standard InChI is InChI=1S/C11H20N4O2S/c16-18(17,9-10-2-1-4-12-8-10)15-5-3-11-13-6-7-14-11/h6-7,10,12,15H,1-5,8-9H2,(H,13,14). The summed E-state index contributed by atoms with van der Waals surface area (Å²) >= 11 is 0. The van der Waals surface area contributed by atoms with Crippen molar-refractivity contribution in [2.24, 2.45) is 5.92 Å². The largest absolute Gasteiger partial charge is 0.349 e. The Morgan fingerprint density at radius 3 is 3.06 bits per heavy atom. The van der Waals surface area contributed by atoms with Crippen molar-refractivity contribution < 1.29 is 8.42 Å². The third-order valence-electron chi connectivity index (χ3n) is 3.09. The van der Waals surface area contributed by atoms with Crippen LogP contribution in [-0.4, -0.2) is 43.8 Å². The molecule has 18 heavy (non-hydrogen) atoms. The summed E-state index contributed by atoms with van der Waals surface area (Å²) in [5.74, 6) is 1.26. The average Bonchev–Trinajstić information content (AvgIpc) is 2.82. The van der Waals surface area contributed by atoms with Gasteiger partial charge < -0.3 is 10.3 Å². The number of nitrogens with zero attached hydrogens (tertiary/aromatic N) is 1. The number of sulfonamides is 1. The molecule has 0 saturated carbocycles. The number of aromatic nitrogens is 2. The Kier molecular flexibility index (Phi) is 4.73. The molecule has 0 radical (unpaired) electrons. The fourth-order valence-electron chi connectivity index (χ4n) is 2.20. The first kappa shape index (κ1) is 13.5. The lowest BCUT2D eigenvalue weighted by Crippen LogP contribution is -2.38. The van der Waals surface area contributed by atoms with Crippen molar-refractivity contribution in [3.05, 3.63) is 18.2 Å². The summed E-state index contributed by atoms with van der Waals surface area (Å²) in [7, 11) is -3.17. The Labute approximate surface area is 108 Å². The van der Waals surface area contributed by atoms with Gasteiger partial charge in [0.25, 0.3) is 0 Å². The zero-order valence-corrected chi connectivity index (χ0v) is 11.2. The smallest absolute Gasteiger partial charge is 0.211 e. The predicted octanol–water partition coefficient (Wildman–Crippen LogP) is -0.129. The maximum absolute atomic E-state index is 11.9. The fourth-order valence-corrected chi connectivity index (χ4v) is 3.63. The van der Waals surface area contributed by atoms with E-state index in [2.05, 4.69) is 20.0 Å². The Morgan fingerprint density at radius 2 is 2.39 bits per heavy atom. The van der Waals surface area contributed by atoms with Gasteiger partial charge in [0.2, 0.25) is 10.0 Å². The van der Waals surface area contributed by atoms with E-state index >= 15 is 0 Å². The molecule has 0 bridgehead atoms. The van der Waals surface area contributed by atoms with Gasteiger partial charge in [0, 0.05) is 25.4 Å². The van der Waals surface area contributed by atoms with Crippen LogP contribution in [0.5, 0.6) is 0 Å². The van der Waals surface area contributed by atoms with Crippen molar-refractivity contribution in [2.45, 2.75) is 19.3 Å². The van der Waals surface area contributed by atoms with Crippen LogP contribution in [0.1, 0.15) is 18.7 Å². The second-order valence-electron chi connectivity index (χ2n) is 4.67. The van der Waals surface area contributed by atoms with Crippen molar-refractivity contribution in [3.63, 3.8) is 0 Å². The lowest BCUT2D eigenvalue weighted by atomic mass is 10.0. The minimum Gasteiger partial charge on any atom is -0.349 e. The first-order valence-electron chi connectivity index (χ1n) is 6.32. The van der Waals surface area contributed by atoms with Gasteiger partial charge in [-0.05, 0) is 31.8 Å². The van der Waals surface area contributed by atoms with Gasteiger partial charge in [-0.25, -0.2) is 18.1 Å². The Hall–Kier alpha value is -0.920. The highest BCUT2D eigenvalue weighted by atomic mass is 32.2. The number of rotatable bonds is 6. The highest BCUT2D eigenvalue weighted by molar-refractivity contribution is 7.89. The summed E-state index contributed by atoms with van der Waals surface area (Å²) in [4.78, 5) is 7.00. The molecule has 102 valence electrons. The van der Waals surface area contributed by atoms with E-state index < -0.39 is 10.0 Å². The molecule has 1 atom stereocenters. The molecule has 0 amide bonds. The van der Waals surface area contributed by atoms with Gasteiger partial charge in [0.15, 0.2) is 0 Å². The van der Waals surface area contributed by atoms with Gasteiger partial charge in [0.1, 0.15) is 5.82 Å². The van der Waals surface area contributed by atoms with Crippen molar-refractivity contribution >= 4 is 10.0 Å². The van der Waals surface area contributed by atoms with E-state index in [9.17, 15) is 8.42 Å². The second-order valence-corrected chi connectivity index (χ2v) is 6.53. The highest BCUT2D eigenvalue weighted by Gasteiger charge is 2.20. The summed E-state index contributed by atoms with van der Waals surface area (Å²) < 4.78 is 26.3. The Morgan fingerprint density at radius 1 is 1.50 bits per heavy atom. The van der Waals surface area contributed by atoms with Gasteiger partial charge in [-0.2, -0.15) is 0 Å². The SMILES string of the molecule is O=S(=O)(CC1CCCNC1)NCCc1ncc[nH]1. The number of aromatic amines is 1. The van der Waals surface area contributed by atoms with Crippen LogP contribution in [-0.2, 0) is 16.4 Å². The molecule has 1 aliphatic heterocycles. The van der Waals surface area contributed by atoms with E-state index in [-0.39, 0.29) is 11.7 Å². The molecular weight excluding hydrogens is 252 g/mol. The van der Waals surface area contributed by atoms with Gasteiger partial charge >= 0.3 is 0 Å². The predicted molar refractivity (Wildman–Crippen MR) is 69.7 cm³/mol. The van der Waals surface area contributed by atoms with Crippen molar-refractivity contribution in [1.29, 1.82) is 0 Å². The lowest BCUT2D eigenvalue weighted by molar-refractivity contribution is 0.403. The maximum atomic E-state index is 11.9. The van der Waals surface area contributed by atoms with Crippen LogP contribution in [0.15, 0.2) is 12.4 Å². The minimum atomic E-state index is -3.17. The summed E-state index contributed by atoms with van der Waals surface area (Å²) in [5.41, 5.74) is 0. The van der Waals surface area contributed by atoms with Gasteiger partial charge in [-0.1, -0.05) is 0 Å². The van der Waals surface area contributed by atoms with Crippen LogP contribution in [0.25, 0.3) is 0 Å². The summed E-state index contributed by atoms with van der Waals surface area (Å²) in [6.07, 6.45) is 6.04. The average molecular weight is 272 g/mol. The fraction of sp³-hybridized carbons (Fsp3) is 0.727. The summed E-state index contributed by atoms with van der Waals surface area (Å²) in [6.45, 7) is 2.21. The van der Waals surface area contributed by atoms with E-state index in [1.165, 1.54) is 0 Å². The van der Waals surface area contributed by atoms with Gasteiger partial charge in [-0.3, -0.25) is 0 Å². The van der Waals surface area contributed by atoms with Gasteiger partial charge in [-0.15, -0.1) is 0 Å². The van der Waals surface area contributed by atoms with Crippen molar-refractivity contribution in [2.75, 3.05) is 25.4 Å². The normalized spacial score (nSPS) is 21.0. The van der Waals surface area contributed by atoms with Crippen LogP contribution < -0.4 is 10.0 Å². The summed E-state index contributed by atoms with van der Waals surface area (Å²) in [6, 6.07) is 0. The van der Waals surface area contributed by atoms with E-state index in [1.54, 1.807) is 12.4 Å². The van der Waals surface area contributed by atoms with E-state index in [4.69, 9.17) is 0 Å². The molecule has 0 spiro atoms. The molecule has 2 heterocycles. The zero-order valence-electron chi connectivity index (χ0n) is 10.4. The monoisotopic (exact) mass is 272 g/mol. The molecule has 2 rings (SSSR count). The van der Waals surface area contributed by atoms with Gasteiger partial charge in [0.05, 0.1) is 5.75 Å². The van der Waals surface area contributed by atoms with Crippen LogP contribution in [0.4, 0.5) is 0 Å². The molecule has 1 aliphatic rings. The molecule has 3 N–H and O–H groups in total. The topological polar surface area (TPSA) is 86.9 Å². The Balaban J connectivity index is 1.73. The minimum absolute atomic E-state index is 0.220. The van der Waals surface area contributed by atoms with Crippen molar-refractivity contribution in [3.8, 4) is 0 Å². The maximum Gasteiger partial charge on any atom is 0.211 e. The molecule has 1 aromatic rings. The number of H-pyrrole nitrogens is 1. The number of piperidine rings is 1. The molecule has 6 nitrogen and oxygen atoms in total. The first-order chi connectivity index (χ1) is 8.66. The summed E-state index contributed by atoms with van der Waals surface area (Å²) in [5, 5.41) is 3.23. The van der Waals surface area contributed by atoms with E-state index in [1.807, 2.05) is 0 Å². The molecule has 1 unspecified atom stereocenters.